The van der Waals surface area contributed by atoms with Crippen molar-refractivity contribution in [3.8, 4) is 6.07 Å². The molecule has 0 aliphatic heterocycles. The Morgan fingerprint density at radius 1 is 0.676 bits per heavy atom. The van der Waals surface area contributed by atoms with Crippen LogP contribution in [0.5, 0.6) is 0 Å². The fourth-order valence-electron chi connectivity index (χ4n) is 3.88. The van der Waals surface area contributed by atoms with Crippen molar-refractivity contribution in [2.24, 2.45) is 0 Å². The van der Waals surface area contributed by atoms with E-state index in [0.717, 1.165) is 15.9 Å². The molecule has 0 heterocycles. The summed E-state index contributed by atoms with van der Waals surface area (Å²) in [6.07, 6.45) is 1.49. The molecule has 0 radical (unpaired) electrons. The highest BCUT2D eigenvalue weighted by molar-refractivity contribution is 7.99. The van der Waals surface area contributed by atoms with Gasteiger partial charge in [-0.3, -0.25) is 10.1 Å². The number of amides is 1. The van der Waals surface area contributed by atoms with Gasteiger partial charge in [0, 0.05) is 5.56 Å². The van der Waals surface area contributed by atoms with Gasteiger partial charge in [-0.1, -0.05) is 72.8 Å². The number of halogens is 1. The van der Waals surface area contributed by atoms with Crippen molar-refractivity contribution in [1.29, 1.82) is 5.26 Å². The van der Waals surface area contributed by atoms with Crippen molar-refractivity contribution >= 4 is 29.1 Å². The molecule has 4 rings (SSSR count). The number of rotatable bonds is 6. The summed E-state index contributed by atoms with van der Waals surface area (Å²) in [5, 5.41) is 16.1. The molecular weight excluding hydrogens is 511 g/mol. The van der Waals surface area contributed by atoms with Gasteiger partial charge in [0.2, 0.25) is 0 Å². The quantitative estimate of drug-likeness (QED) is 0.274. The lowest BCUT2D eigenvalue weighted by Crippen LogP contribution is -2.68. The Morgan fingerprint density at radius 2 is 1.00 bits per heavy atom. The maximum atomic E-state index is 13.2. The van der Waals surface area contributed by atoms with Crippen LogP contribution in [0.4, 0.5) is 0 Å². The highest BCUT2D eigenvalue weighted by atomic mass is 35.7. The van der Waals surface area contributed by atoms with E-state index in [2.05, 4.69) is 47.8 Å². The zero-order valence-electron chi connectivity index (χ0n) is 19.4. The number of allylic oxidation sites excluding steroid dienone is 1. The first-order valence-corrected chi connectivity index (χ1v) is 13.9. The first-order chi connectivity index (χ1) is 17.8. The highest BCUT2D eigenvalue weighted by Gasteiger charge is 2.50. The van der Waals surface area contributed by atoms with Crippen LogP contribution in [-0.2, 0) is 0 Å². The van der Waals surface area contributed by atoms with Gasteiger partial charge in [-0.05, 0) is 48.5 Å². The second kappa shape index (κ2) is 12.9. The Kier molecular flexibility index (Phi) is 9.67. The topological polar surface area (TPSA) is 145 Å². The molecule has 4 aromatic rings. The Balaban J connectivity index is 0.000000695. The first kappa shape index (κ1) is 27.7. The fourth-order valence-corrected chi connectivity index (χ4v) is 7.98. The van der Waals surface area contributed by atoms with E-state index >= 15 is 0 Å². The van der Waals surface area contributed by atoms with E-state index in [9.17, 15) is 10.1 Å². The van der Waals surface area contributed by atoms with Crippen LogP contribution in [0.25, 0.3) is 0 Å². The van der Waals surface area contributed by atoms with Gasteiger partial charge in [-0.2, -0.15) is 5.26 Å². The SMILES string of the molecule is N#C/C=C(/NC(=O)c1ccccc1)[P+](c1ccccc1)(c1ccccc1)c1ccccc1.[O-][Cl+3]([O-])([O-])[O-]. The Hall–Kier alpha value is -3.86. The van der Waals surface area contributed by atoms with Gasteiger partial charge in [0.15, 0.2) is 12.7 Å². The smallest absolute Gasteiger partial charge is 0.258 e. The number of nitrogens with one attached hydrogen (secondary N) is 1. The monoisotopic (exact) mass is 532 g/mol. The molecule has 0 saturated carbocycles. The molecule has 0 atom stereocenters. The van der Waals surface area contributed by atoms with E-state index < -0.39 is 17.5 Å². The minimum absolute atomic E-state index is 0.237. The molecule has 0 aliphatic rings. The summed E-state index contributed by atoms with van der Waals surface area (Å²) in [6.45, 7) is 0. The second-order valence-electron chi connectivity index (χ2n) is 7.53. The first-order valence-electron chi connectivity index (χ1n) is 10.9. The molecule has 0 aromatic heterocycles. The molecular formula is C28H22ClN2O5P. The van der Waals surface area contributed by atoms with Crippen molar-refractivity contribution in [2.75, 3.05) is 0 Å². The van der Waals surface area contributed by atoms with Crippen LogP contribution in [0.3, 0.4) is 0 Å². The number of hydrogen-bond donors (Lipinski definition) is 1. The minimum atomic E-state index is -4.94. The van der Waals surface area contributed by atoms with Crippen molar-refractivity contribution < 1.29 is 33.7 Å². The summed E-state index contributed by atoms with van der Waals surface area (Å²) in [5.74, 6) is -0.237. The molecule has 0 saturated heterocycles. The molecule has 186 valence electrons. The average molecular weight is 533 g/mol. The number of carbonyl (C=O) groups excluding carboxylic acids is 1. The van der Waals surface area contributed by atoms with Crippen LogP contribution in [0, 0.1) is 21.6 Å². The summed E-state index contributed by atoms with van der Waals surface area (Å²) in [7, 11) is -7.49. The van der Waals surface area contributed by atoms with Gasteiger partial charge in [0.25, 0.3) is 5.91 Å². The van der Waals surface area contributed by atoms with Crippen molar-refractivity contribution in [2.45, 2.75) is 0 Å². The molecule has 9 heteroatoms. The number of nitrogens with zero attached hydrogens (tertiary/aromatic N) is 1. The standard InChI is InChI=1S/C28H21N2OP.ClHO4/c29-22-21-27(30-28(31)23-13-5-1-6-14-23)32(24-15-7-2-8-16-24,25-17-9-3-10-18-25)26-19-11-4-12-20-26;2-1(3,4)5/h1-21H;(H,2,3,4,5)/b27-21-;. The Labute approximate surface area is 217 Å². The Bertz CT molecular complexity index is 1260. The third-order valence-corrected chi connectivity index (χ3v) is 9.45. The summed E-state index contributed by atoms with van der Waals surface area (Å²) >= 11 is 0. The van der Waals surface area contributed by atoms with Gasteiger partial charge in [-0.25, -0.2) is 18.6 Å². The van der Waals surface area contributed by atoms with E-state index in [1.165, 1.54) is 6.08 Å². The lowest BCUT2D eigenvalue weighted by atomic mass is 10.2. The predicted octanol–water partition coefficient (Wildman–Crippen LogP) is 0.0195. The maximum Gasteiger partial charge on any atom is 0.258 e. The van der Waals surface area contributed by atoms with Crippen LogP contribution in [0.1, 0.15) is 10.4 Å². The van der Waals surface area contributed by atoms with E-state index in [1.54, 1.807) is 12.1 Å². The maximum absolute atomic E-state index is 13.2. The summed E-state index contributed by atoms with van der Waals surface area (Å²) in [5.41, 5.74) is 1.15. The molecule has 1 amide bonds. The van der Waals surface area contributed by atoms with Gasteiger partial charge in [-0.15, -0.1) is 10.2 Å². The molecule has 0 unspecified atom stereocenters. The highest BCUT2D eigenvalue weighted by Crippen LogP contribution is 2.61. The molecule has 0 fully saturated rings. The third kappa shape index (κ3) is 7.32. The van der Waals surface area contributed by atoms with Crippen molar-refractivity contribution in [1.82, 2.24) is 5.32 Å². The van der Waals surface area contributed by atoms with E-state index in [-0.39, 0.29) is 5.91 Å². The number of nitriles is 1. The summed E-state index contributed by atoms with van der Waals surface area (Å²) in [4.78, 5) is 13.2. The molecule has 4 aromatic carbocycles. The number of carbonyl (C=O) groups is 1. The number of benzene rings is 4. The van der Waals surface area contributed by atoms with Crippen molar-refractivity contribution in [3.63, 3.8) is 0 Å². The zero-order valence-corrected chi connectivity index (χ0v) is 21.1. The van der Waals surface area contributed by atoms with Gasteiger partial charge in [0.1, 0.15) is 15.9 Å². The van der Waals surface area contributed by atoms with Gasteiger partial charge >= 0.3 is 0 Å². The second-order valence-corrected chi connectivity index (χ2v) is 11.7. The number of hydrogen-bond acceptors (Lipinski definition) is 6. The molecule has 37 heavy (non-hydrogen) atoms. The minimum Gasteiger partial charge on any atom is -0.291 e. The van der Waals surface area contributed by atoms with Crippen molar-refractivity contribution in [3.05, 3.63) is 138 Å². The predicted molar refractivity (Wildman–Crippen MR) is 133 cm³/mol. The fraction of sp³-hybridized carbons (Fsp3) is 0. The van der Waals surface area contributed by atoms with Gasteiger partial charge < -0.3 is 0 Å². The average Bonchev–Trinajstić information content (AvgIpc) is 2.91. The van der Waals surface area contributed by atoms with E-state index in [1.807, 2.05) is 72.8 Å². The summed E-state index contributed by atoms with van der Waals surface area (Å²) < 4.78 is 34.0. The van der Waals surface area contributed by atoms with Crippen LogP contribution in [0.15, 0.2) is 133 Å². The molecule has 0 aliphatic carbocycles. The molecule has 1 N–H and O–H groups in total. The Morgan fingerprint density at radius 3 is 1.32 bits per heavy atom. The molecule has 0 spiro atoms. The normalized spacial score (nSPS) is 11.5. The third-order valence-electron chi connectivity index (χ3n) is 5.27. The van der Waals surface area contributed by atoms with E-state index in [0.29, 0.717) is 11.0 Å². The lowest BCUT2D eigenvalue weighted by molar-refractivity contribution is -2.00. The zero-order chi connectivity index (χ0) is 26.7. The van der Waals surface area contributed by atoms with Crippen LogP contribution < -0.4 is 39.9 Å². The molecule has 0 bridgehead atoms. The lowest BCUT2D eigenvalue weighted by Gasteiger charge is -2.29. The van der Waals surface area contributed by atoms with Gasteiger partial charge in [0.05, 0.1) is 12.1 Å². The van der Waals surface area contributed by atoms with Crippen LogP contribution in [-0.4, -0.2) is 5.91 Å². The summed E-state index contributed by atoms with van der Waals surface area (Å²) in [6, 6.07) is 41.7. The van der Waals surface area contributed by atoms with Crippen LogP contribution >= 0.6 is 7.26 Å². The van der Waals surface area contributed by atoms with Crippen LogP contribution in [0.2, 0.25) is 0 Å². The van der Waals surface area contributed by atoms with E-state index in [4.69, 9.17) is 18.6 Å². The largest absolute Gasteiger partial charge is 0.291 e. The molecule has 7 nitrogen and oxygen atoms in total.